The van der Waals surface area contributed by atoms with Crippen LogP contribution in [-0.4, -0.2) is 48.7 Å². The SMILES string of the molecule is CC(OC1OCCN(Cc2nc(=O)[nH]n2P(=O)(O)O)C1c1ccc(F)cc1)c1cc(C(F)(F)F)cc(C(F)(F)F)c1. The number of nitrogens with one attached hydrogen (secondary N) is 1. The molecule has 1 aromatic heterocycles. The molecule has 1 fully saturated rings. The molecule has 0 spiro atoms. The standard InChI is InChI=1S/C23H22F7N4O6P/c1-12(14-8-15(22(25,26)27)10-16(9-14)23(28,29)30)40-20-19(13-2-4-17(24)5-3-13)33(6-7-39-20)11-18-31-21(35)32-34(18)41(36,37)38/h2-5,8-10,12,19-20H,6-7,11H2,1H3,(H,32,35)(H2,36,37,38). The van der Waals surface area contributed by atoms with Gasteiger partial charge in [-0.05, 0) is 48.4 Å². The highest BCUT2D eigenvalue weighted by Gasteiger charge is 2.40. The first-order chi connectivity index (χ1) is 18.9. The van der Waals surface area contributed by atoms with Gasteiger partial charge < -0.3 is 19.3 Å². The molecule has 1 saturated heterocycles. The van der Waals surface area contributed by atoms with Crippen LogP contribution in [0, 0.1) is 5.82 Å². The van der Waals surface area contributed by atoms with Crippen molar-refractivity contribution in [3.8, 4) is 0 Å². The molecule has 0 radical (unpaired) electrons. The summed E-state index contributed by atoms with van der Waals surface area (Å²) in [6.07, 6.45) is -12.9. The average Bonchev–Trinajstić information content (AvgIpc) is 3.24. The van der Waals surface area contributed by atoms with Crippen LogP contribution >= 0.6 is 7.75 Å². The zero-order valence-corrected chi connectivity index (χ0v) is 21.8. The number of H-pyrrole nitrogens is 1. The molecular formula is C23H22F7N4O6P. The molecule has 2 heterocycles. The van der Waals surface area contributed by atoms with Crippen molar-refractivity contribution in [1.82, 2.24) is 19.4 Å². The normalized spacial score (nSPS) is 19.9. The molecule has 1 aliphatic rings. The maximum atomic E-state index is 13.7. The zero-order valence-electron chi connectivity index (χ0n) is 20.9. The zero-order chi connectivity index (χ0) is 30.3. The van der Waals surface area contributed by atoms with Crippen LogP contribution in [0.25, 0.3) is 0 Å². The lowest BCUT2D eigenvalue weighted by Gasteiger charge is -2.41. The molecule has 0 bridgehead atoms. The maximum absolute atomic E-state index is 13.7. The van der Waals surface area contributed by atoms with E-state index in [0.717, 1.165) is 12.1 Å². The van der Waals surface area contributed by atoms with Gasteiger partial charge in [-0.25, -0.2) is 18.8 Å². The number of benzene rings is 2. The number of rotatable bonds is 7. The highest BCUT2D eigenvalue weighted by molar-refractivity contribution is 7.49. The Hall–Kier alpha value is -3.08. The van der Waals surface area contributed by atoms with Crippen molar-refractivity contribution in [1.29, 1.82) is 0 Å². The first-order valence-corrected chi connectivity index (χ1v) is 13.3. The summed E-state index contributed by atoms with van der Waals surface area (Å²) in [5.41, 5.74) is -4.25. The van der Waals surface area contributed by atoms with E-state index in [1.54, 1.807) is 0 Å². The van der Waals surface area contributed by atoms with Crippen LogP contribution in [0.2, 0.25) is 0 Å². The summed E-state index contributed by atoms with van der Waals surface area (Å²) in [4.78, 5) is 36.0. The molecule has 224 valence electrons. The average molecular weight is 614 g/mol. The molecule has 3 atom stereocenters. The number of nitrogens with zero attached hydrogens (tertiary/aromatic N) is 3. The number of alkyl halides is 6. The Morgan fingerprint density at radius 2 is 1.68 bits per heavy atom. The van der Waals surface area contributed by atoms with Crippen LogP contribution in [0.4, 0.5) is 30.7 Å². The van der Waals surface area contributed by atoms with Crippen LogP contribution in [-0.2, 0) is 32.9 Å². The Morgan fingerprint density at radius 1 is 1.10 bits per heavy atom. The van der Waals surface area contributed by atoms with E-state index in [0.29, 0.717) is 17.7 Å². The number of aromatic nitrogens is 3. The van der Waals surface area contributed by atoms with Gasteiger partial charge in [0.25, 0.3) is 0 Å². The molecule has 10 nitrogen and oxygen atoms in total. The molecule has 0 saturated carbocycles. The van der Waals surface area contributed by atoms with Crippen molar-refractivity contribution in [2.24, 2.45) is 0 Å². The fraction of sp³-hybridized carbons (Fsp3) is 0.391. The number of hydrogen-bond acceptors (Lipinski definition) is 6. The van der Waals surface area contributed by atoms with Crippen LogP contribution in [0.1, 0.15) is 47.1 Å². The van der Waals surface area contributed by atoms with Gasteiger partial charge in [-0.1, -0.05) is 12.1 Å². The largest absolute Gasteiger partial charge is 0.449 e. The molecule has 3 unspecified atom stereocenters. The lowest BCUT2D eigenvalue weighted by atomic mass is 10.0. The van der Waals surface area contributed by atoms with E-state index in [1.165, 1.54) is 24.0 Å². The Balaban J connectivity index is 1.71. The second-order valence-corrected chi connectivity index (χ2v) is 10.5. The smallest absolute Gasteiger partial charge is 0.349 e. The van der Waals surface area contributed by atoms with Crippen molar-refractivity contribution in [3.63, 3.8) is 0 Å². The lowest BCUT2D eigenvalue weighted by Crippen LogP contribution is -2.46. The minimum atomic E-state index is -5.08. The molecule has 3 N–H and O–H groups in total. The molecule has 1 aliphatic heterocycles. The van der Waals surface area contributed by atoms with Crippen LogP contribution < -0.4 is 5.69 Å². The second kappa shape index (κ2) is 11.3. The first kappa shape index (κ1) is 30.9. The summed E-state index contributed by atoms with van der Waals surface area (Å²) in [6, 6.07) is 4.84. The monoisotopic (exact) mass is 614 g/mol. The predicted molar refractivity (Wildman–Crippen MR) is 126 cm³/mol. The molecule has 4 rings (SSSR count). The molecular weight excluding hydrogens is 592 g/mol. The van der Waals surface area contributed by atoms with Gasteiger partial charge in [0.1, 0.15) is 5.82 Å². The minimum Gasteiger partial charge on any atom is -0.349 e. The minimum absolute atomic E-state index is 0.0131. The quantitative estimate of drug-likeness (QED) is 0.265. The Morgan fingerprint density at radius 3 is 2.22 bits per heavy atom. The van der Waals surface area contributed by atoms with Crippen LogP contribution in [0.15, 0.2) is 47.3 Å². The van der Waals surface area contributed by atoms with E-state index in [9.17, 15) is 49.9 Å². The molecule has 3 aromatic rings. The van der Waals surface area contributed by atoms with E-state index in [-0.39, 0.29) is 36.0 Å². The highest BCUT2D eigenvalue weighted by Crippen LogP contribution is 2.41. The van der Waals surface area contributed by atoms with Crippen molar-refractivity contribution in [2.75, 3.05) is 13.2 Å². The lowest BCUT2D eigenvalue weighted by molar-refractivity contribution is -0.231. The van der Waals surface area contributed by atoms with Gasteiger partial charge in [0.05, 0.1) is 36.4 Å². The molecule has 41 heavy (non-hydrogen) atoms. The fourth-order valence-corrected chi connectivity index (χ4v) is 4.97. The number of aromatic amines is 1. The topological polar surface area (TPSA) is 130 Å². The summed E-state index contributed by atoms with van der Waals surface area (Å²) < 4.78 is 118. The second-order valence-electron chi connectivity index (χ2n) is 9.09. The maximum Gasteiger partial charge on any atom is 0.449 e. The summed E-state index contributed by atoms with van der Waals surface area (Å²) in [6.45, 7) is 0.792. The van der Waals surface area contributed by atoms with Crippen molar-refractivity contribution >= 4 is 7.75 Å². The van der Waals surface area contributed by atoms with Gasteiger partial charge in [0.2, 0.25) is 0 Å². The highest BCUT2D eigenvalue weighted by atomic mass is 31.2. The third kappa shape index (κ3) is 7.23. The molecule has 0 amide bonds. The Kier molecular flexibility index (Phi) is 8.51. The Bertz CT molecular complexity index is 1450. The summed E-state index contributed by atoms with van der Waals surface area (Å²) in [7, 11) is -5.04. The number of halogens is 7. The van der Waals surface area contributed by atoms with Gasteiger partial charge in [-0.2, -0.15) is 35.8 Å². The van der Waals surface area contributed by atoms with Gasteiger partial charge >= 0.3 is 25.8 Å². The van der Waals surface area contributed by atoms with Gasteiger partial charge in [-0.3, -0.25) is 4.90 Å². The van der Waals surface area contributed by atoms with Gasteiger partial charge in [0, 0.05) is 6.54 Å². The number of morpholine rings is 1. The van der Waals surface area contributed by atoms with E-state index >= 15 is 0 Å². The van der Waals surface area contributed by atoms with Crippen molar-refractivity contribution in [3.05, 3.63) is 86.8 Å². The Labute approximate surface area is 226 Å². The van der Waals surface area contributed by atoms with E-state index in [2.05, 4.69) is 4.98 Å². The van der Waals surface area contributed by atoms with Gasteiger partial charge in [0.15, 0.2) is 12.1 Å². The molecule has 18 heteroatoms. The predicted octanol–water partition coefficient (Wildman–Crippen LogP) is 4.37. The third-order valence-electron chi connectivity index (χ3n) is 6.22. The van der Waals surface area contributed by atoms with Crippen LogP contribution in [0.3, 0.4) is 0 Å². The van der Waals surface area contributed by atoms with Crippen molar-refractivity contribution in [2.45, 2.75) is 44.3 Å². The fourth-order valence-electron chi connectivity index (χ4n) is 4.35. The summed E-state index contributed by atoms with van der Waals surface area (Å²) in [5.74, 6) is -0.994. The molecule has 0 aliphatic carbocycles. The summed E-state index contributed by atoms with van der Waals surface area (Å²) in [5, 5.41) is 1.90. The molecule has 2 aromatic carbocycles. The first-order valence-electron chi connectivity index (χ1n) is 11.7. The van der Waals surface area contributed by atoms with Gasteiger partial charge in [-0.15, -0.1) is 0 Å². The number of ether oxygens (including phenoxy) is 2. The third-order valence-corrected chi connectivity index (χ3v) is 7.07. The van der Waals surface area contributed by atoms with E-state index in [4.69, 9.17) is 9.47 Å². The number of hydrogen-bond donors (Lipinski definition) is 3. The van der Waals surface area contributed by atoms with Crippen LogP contribution in [0.5, 0.6) is 0 Å². The van der Waals surface area contributed by atoms with Crippen molar-refractivity contribution < 1.29 is 54.6 Å². The summed E-state index contributed by atoms with van der Waals surface area (Å²) >= 11 is 0. The van der Waals surface area contributed by atoms with E-state index in [1.807, 2.05) is 5.10 Å². The van der Waals surface area contributed by atoms with E-state index < -0.39 is 66.7 Å².